The fourth-order valence-corrected chi connectivity index (χ4v) is 2.68. The second kappa shape index (κ2) is 12.6. The Hall–Kier alpha value is -1.73. The minimum absolute atomic E-state index is 0. The van der Waals surface area contributed by atoms with Crippen molar-refractivity contribution in [2.24, 2.45) is 9.98 Å². The van der Waals surface area contributed by atoms with Crippen molar-refractivity contribution in [3.63, 3.8) is 0 Å². The average Bonchev–Trinajstić information content (AvgIpc) is 2.55. The summed E-state index contributed by atoms with van der Waals surface area (Å²) in [6, 6.07) is 16.7. The van der Waals surface area contributed by atoms with E-state index in [9.17, 15) is 0 Å². The first-order chi connectivity index (χ1) is 11.4. The molecule has 3 heteroatoms. The maximum absolute atomic E-state index is 4.84. The SMILES string of the molecule is CC(=Nc1ccccc1C(C)C)C(C)=Nc1ccccc1C(C)C.[CH3-].[CH3-].[Ni+2]. The summed E-state index contributed by atoms with van der Waals surface area (Å²) in [4.78, 5) is 9.67. The molecule has 27 heavy (non-hydrogen) atoms. The Balaban J connectivity index is 0. The summed E-state index contributed by atoms with van der Waals surface area (Å²) >= 11 is 0. The molecule has 0 aromatic heterocycles. The summed E-state index contributed by atoms with van der Waals surface area (Å²) in [6.07, 6.45) is 0. The number of hydrogen-bond donors (Lipinski definition) is 0. The van der Waals surface area contributed by atoms with Crippen LogP contribution in [0.15, 0.2) is 58.5 Å². The van der Waals surface area contributed by atoms with Gasteiger partial charge < -0.3 is 14.9 Å². The van der Waals surface area contributed by atoms with Gasteiger partial charge in [-0.15, -0.1) is 0 Å². The third kappa shape index (κ3) is 7.42. The van der Waals surface area contributed by atoms with Crippen LogP contribution in [0.25, 0.3) is 0 Å². The van der Waals surface area contributed by atoms with E-state index < -0.39 is 0 Å². The Morgan fingerprint density at radius 2 is 0.926 bits per heavy atom. The van der Waals surface area contributed by atoms with Crippen LogP contribution in [0.3, 0.4) is 0 Å². The summed E-state index contributed by atoms with van der Waals surface area (Å²) in [6.45, 7) is 12.9. The van der Waals surface area contributed by atoms with Crippen LogP contribution in [0, 0.1) is 14.9 Å². The molecule has 0 N–H and O–H groups in total. The number of nitrogens with zero attached hydrogens (tertiary/aromatic N) is 2. The van der Waals surface area contributed by atoms with E-state index >= 15 is 0 Å². The normalized spacial score (nSPS) is 11.6. The van der Waals surface area contributed by atoms with Crippen molar-refractivity contribution in [3.8, 4) is 0 Å². The summed E-state index contributed by atoms with van der Waals surface area (Å²) in [5.74, 6) is 0.910. The molecule has 0 aliphatic rings. The van der Waals surface area contributed by atoms with Crippen LogP contribution in [-0.4, -0.2) is 11.4 Å². The Morgan fingerprint density at radius 1 is 0.630 bits per heavy atom. The molecule has 2 aromatic carbocycles. The summed E-state index contributed by atoms with van der Waals surface area (Å²) in [5, 5.41) is 0. The average molecular weight is 409 g/mol. The first kappa shape index (κ1) is 27.5. The number of para-hydroxylation sites is 2. The Morgan fingerprint density at radius 3 is 1.22 bits per heavy atom. The van der Waals surface area contributed by atoms with Crippen molar-refractivity contribution >= 4 is 22.8 Å². The molecule has 2 rings (SSSR count). The molecule has 0 saturated carbocycles. The van der Waals surface area contributed by atoms with Gasteiger partial charge in [0.15, 0.2) is 0 Å². The van der Waals surface area contributed by atoms with E-state index in [0.29, 0.717) is 11.8 Å². The van der Waals surface area contributed by atoms with Gasteiger partial charge in [-0.05, 0) is 48.9 Å². The predicted molar refractivity (Wildman–Crippen MR) is 119 cm³/mol. The van der Waals surface area contributed by atoms with E-state index in [-0.39, 0.29) is 31.3 Å². The third-order valence-electron chi connectivity index (χ3n) is 4.22. The summed E-state index contributed by atoms with van der Waals surface area (Å²) in [5.41, 5.74) is 6.54. The largest absolute Gasteiger partial charge is 2.00 e. The van der Waals surface area contributed by atoms with Crippen LogP contribution >= 0.6 is 0 Å². The molecule has 0 bridgehead atoms. The third-order valence-corrected chi connectivity index (χ3v) is 4.22. The van der Waals surface area contributed by atoms with E-state index in [1.165, 1.54) is 11.1 Å². The monoisotopic (exact) mass is 408 g/mol. The van der Waals surface area contributed by atoms with Gasteiger partial charge in [0.05, 0.1) is 22.8 Å². The van der Waals surface area contributed by atoms with Crippen molar-refractivity contribution < 1.29 is 16.5 Å². The smallest absolute Gasteiger partial charge is 0.358 e. The molecule has 2 aromatic rings. The van der Waals surface area contributed by atoms with Gasteiger partial charge in [0.1, 0.15) is 0 Å². The molecule has 0 aliphatic carbocycles. The number of aliphatic imine (C=N–C) groups is 2. The van der Waals surface area contributed by atoms with Crippen molar-refractivity contribution in [2.75, 3.05) is 0 Å². The molecule has 0 saturated heterocycles. The molecule has 0 amide bonds. The molecule has 0 spiro atoms. The Kier molecular flexibility index (Phi) is 12.9. The molecular weight excluding hydrogens is 375 g/mol. The minimum atomic E-state index is 0. The zero-order valence-electron chi connectivity index (χ0n) is 18.0. The van der Waals surface area contributed by atoms with Crippen LogP contribution in [0.2, 0.25) is 0 Å². The Bertz CT molecular complexity index is 693. The van der Waals surface area contributed by atoms with E-state index in [2.05, 4.69) is 64.1 Å². The van der Waals surface area contributed by atoms with Crippen LogP contribution in [0.5, 0.6) is 0 Å². The topological polar surface area (TPSA) is 24.7 Å². The summed E-state index contributed by atoms with van der Waals surface area (Å²) < 4.78 is 0. The van der Waals surface area contributed by atoms with E-state index in [1.807, 2.05) is 26.0 Å². The van der Waals surface area contributed by atoms with Gasteiger partial charge in [0.2, 0.25) is 0 Å². The maximum Gasteiger partial charge on any atom is 2.00 e. The molecule has 0 fully saturated rings. The van der Waals surface area contributed by atoms with Crippen molar-refractivity contribution in [1.29, 1.82) is 0 Å². The second-order valence-electron chi connectivity index (χ2n) is 6.82. The fraction of sp³-hybridized carbons (Fsp3) is 0.333. The number of hydrogen-bond acceptors (Lipinski definition) is 2. The standard InChI is InChI=1S/C22H28N2.2CH3.Ni/c1-15(2)19-11-7-9-13-21(19)23-17(5)18(6)24-22-14-10-8-12-20(22)16(3)4;;;/h7-16H,1-6H3;2*1H3;/q;2*-1;+2. The van der Waals surface area contributed by atoms with Crippen molar-refractivity contribution in [2.45, 2.75) is 53.4 Å². The quantitative estimate of drug-likeness (QED) is 0.274. The van der Waals surface area contributed by atoms with Crippen molar-refractivity contribution in [3.05, 3.63) is 74.5 Å². The molecule has 0 radical (unpaired) electrons. The summed E-state index contributed by atoms with van der Waals surface area (Å²) in [7, 11) is 0. The van der Waals surface area contributed by atoms with E-state index in [1.54, 1.807) is 0 Å². The van der Waals surface area contributed by atoms with Gasteiger partial charge in [-0.1, -0.05) is 64.1 Å². The van der Waals surface area contributed by atoms with Crippen LogP contribution in [0.1, 0.15) is 64.5 Å². The second-order valence-corrected chi connectivity index (χ2v) is 6.82. The maximum atomic E-state index is 4.84. The van der Waals surface area contributed by atoms with Crippen LogP contribution < -0.4 is 0 Å². The van der Waals surface area contributed by atoms with E-state index in [4.69, 9.17) is 9.98 Å². The van der Waals surface area contributed by atoms with Gasteiger partial charge in [-0.25, -0.2) is 0 Å². The molecule has 150 valence electrons. The zero-order chi connectivity index (χ0) is 17.7. The van der Waals surface area contributed by atoms with Crippen molar-refractivity contribution in [1.82, 2.24) is 0 Å². The predicted octanol–water partition coefficient (Wildman–Crippen LogP) is 7.72. The van der Waals surface area contributed by atoms with Crippen LogP contribution in [0.4, 0.5) is 11.4 Å². The van der Waals surface area contributed by atoms with Gasteiger partial charge in [-0.2, -0.15) is 0 Å². The van der Waals surface area contributed by atoms with E-state index in [0.717, 1.165) is 22.8 Å². The van der Waals surface area contributed by atoms with Gasteiger partial charge in [0.25, 0.3) is 0 Å². The zero-order valence-corrected chi connectivity index (χ0v) is 19.0. The fourth-order valence-electron chi connectivity index (χ4n) is 2.68. The van der Waals surface area contributed by atoms with Crippen LogP contribution in [-0.2, 0) is 16.5 Å². The number of benzene rings is 2. The molecule has 0 unspecified atom stereocenters. The first-order valence-corrected chi connectivity index (χ1v) is 8.69. The first-order valence-electron chi connectivity index (χ1n) is 8.69. The molecule has 0 atom stereocenters. The minimum Gasteiger partial charge on any atom is -0.358 e. The molecular formula is C24H34N2Ni. The van der Waals surface area contributed by atoms with Gasteiger partial charge >= 0.3 is 16.5 Å². The Labute approximate surface area is 177 Å². The van der Waals surface area contributed by atoms with Gasteiger partial charge in [-0.3, -0.25) is 9.98 Å². The molecule has 0 heterocycles. The van der Waals surface area contributed by atoms with Gasteiger partial charge in [0, 0.05) is 0 Å². The number of rotatable bonds is 5. The molecule has 0 aliphatic heterocycles. The molecule has 2 nitrogen and oxygen atoms in total.